The Kier molecular flexibility index (Phi) is 4.41. The fraction of sp³-hybridized carbons (Fsp3) is 0.357. The monoisotopic (exact) mass is 261 g/mol. The molecule has 0 spiro atoms. The first-order valence-electron chi connectivity index (χ1n) is 6.29. The molecule has 102 valence electrons. The number of rotatable bonds is 6. The minimum atomic E-state index is 0.267. The average Bonchev–Trinajstić information content (AvgIpc) is 2.84. The molecule has 5 nitrogen and oxygen atoms in total. The number of ether oxygens (including phenoxy) is 1. The van der Waals surface area contributed by atoms with Crippen LogP contribution < -0.4 is 15.0 Å². The highest BCUT2D eigenvalue weighted by Gasteiger charge is 2.07. The average molecular weight is 261 g/mol. The Morgan fingerprint density at radius 2 is 2.21 bits per heavy atom. The summed E-state index contributed by atoms with van der Waals surface area (Å²) in [7, 11) is 3.97. The van der Waals surface area contributed by atoms with Crippen molar-refractivity contribution in [1.82, 2.24) is 10.3 Å². The van der Waals surface area contributed by atoms with Crippen LogP contribution in [0.1, 0.15) is 12.6 Å². The highest BCUT2D eigenvalue weighted by molar-refractivity contribution is 5.49. The summed E-state index contributed by atoms with van der Waals surface area (Å²) in [5.41, 5.74) is 1.90. The maximum atomic E-state index is 5.60. The zero-order valence-electron chi connectivity index (χ0n) is 11.5. The number of hydrogen-bond donors (Lipinski definition) is 1. The Bertz CT molecular complexity index is 523. The van der Waals surface area contributed by atoms with Gasteiger partial charge in [0.15, 0.2) is 0 Å². The molecule has 0 aliphatic heterocycles. The predicted octanol–water partition coefficient (Wildman–Crippen LogP) is 2.64. The lowest BCUT2D eigenvalue weighted by molar-refractivity contribution is 0.331. The van der Waals surface area contributed by atoms with Gasteiger partial charge < -0.3 is 19.4 Å². The molecule has 0 aliphatic rings. The number of oxazole rings is 1. The van der Waals surface area contributed by atoms with Gasteiger partial charge in [0.2, 0.25) is 0 Å². The second kappa shape index (κ2) is 6.24. The summed E-state index contributed by atoms with van der Waals surface area (Å²) >= 11 is 0. The number of nitrogens with one attached hydrogen (secondary N) is 1. The topological polar surface area (TPSA) is 50.5 Å². The molecule has 19 heavy (non-hydrogen) atoms. The minimum Gasteiger partial charge on any atom is -0.417 e. The molecule has 0 aliphatic carbocycles. The van der Waals surface area contributed by atoms with Gasteiger partial charge in [-0.1, -0.05) is 13.0 Å². The normalized spacial score (nSPS) is 10.5. The standard InChI is InChI=1S/C14H19N3O2/c1-4-15-9-11-10-18-14(16-11)19-13-7-5-6-12(8-13)17(2)3/h5-8,10,15H,4,9H2,1-3H3. The van der Waals surface area contributed by atoms with Crippen LogP contribution in [0.5, 0.6) is 11.8 Å². The molecule has 0 radical (unpaired) electrons. The van der Waals surface area contributed by atoms with E-state index in [1.54, 1.807) is 6.26 Å². The van der Waals surface area contributed by atoms with Crippen molar-refractivity contribution in [3.63, 3.8) is 0 Å². The van der Waals surface area contributed by atoms with Crippen LogP contribution in [-0.2, 0) is 6.54 Å². The van der Waals surface area contributed by atoms with Gasteiger partial charge in [0.05, 0.1) is 5.69 Å². The van der Waals surface area contributed by atoms with Crippen molar-refractivity contribution < 1.29 is 9.15 Å². The molecule has 2 aromatic rings. The molecule has 0 saturated heterocycles. The first kappa shape index (κ1) is 13.4. The van der Waals surface area contributed by atoms with Crippen LogP contribution in [-0.4, -0.2) is 25.6 Å². The van der Waals surface area contributed by atoms with Crippen LogP contribution in [0.25, 0.3) is 0 Å². The van der Waals surface area contributed by atoms with E-state index in [-0.39, 0.29) is 6.08 Å². The van der Waals surface area contributed by atoms with E-state index in [4.69, 9.17) is 9.15 Å². The summed E-state index contributed by atoms with van der Waals surface area (Å²) in [5, 5.41) is 3.18. The lowest BCUT2D eigenvalue weighted by Crippen LogP contribution is -2.11. The fourth-order valence-electron chi connectivity index (χ4n) is 1.60. The van der Waals surface area contributed by atoms with Gasteiger partial charge in [0.1, 0.15) is 12.0 Å². The van der Waals surface area contributed by atoms with Crippen LogP contribution >= 0.6 is 0 Å². The second-order valence-electron chi connectivity index (χ2n) is 4.38. The van der Waals surface area contributed by atoms with Crippen molar-refractivity contribution in [2.24, 2.45) is 0 Å². The van der Waals surface area contributed by atoms with E-state index < -0.39 is 0 Å². The predicted molar refractivity (Wildman–Crippen MR) is 74.7 cm³/mol. The summed E-state index contributed by atoms with van der Waals surface area (Å²) in [4.78, 5) is 6.27. The van der Waals surface area contributed by atoms with E-state index in [0.29, 0.717) is 12.3 Å². The van der Waals surface area contributed by atoms with E-state index in [1.165, 1.54) is 0 Å². The lowest BCUT2D eigenvalue weighted by atomic mass is 10.3. The Morgan fingerprint density at radius 3 is 2.95 bits per heavy atom. The molecule has 1 aromatic carbocycles. The zero-order chi connectivity index (χ0) is 13.7. The van der Waals surface area contributed by atoms with Crippen LogP contribution in [0.2, 0.25) is 0 Å². The Hall–Kier alpha value is -2.01. The third kappa shape index (κ3) is 3.72. The molecule has 0 saturated carbocycles. The highest BCUT2D eigenvalue weighted by atomic mass is 16.6. The van der Waals surface area contributed by atoms with Gasteiger partial charge in [0.25, 0.3) is 0 Å². The zero-order valence-corrected chi connectivity index (χ0v) is 11.5. The quantitative estimate of drug-likeness (QED) is 0.866. The van der Waals surface area contributed by atoms with Gasteiger partial charge in [-0.3, -0.25) is 0 Å². The molecule has 0 atom stereocenters. The SMILES string of the molecule is CCNCc1coc(Oc2cccc(N(C)C)c2)n1. The summed E-state index contributed by atoms with van der Waals surface area (Å²) < 4.78 is 10.9. The van der Waals surface area contributed by atoms with Crippen molar-refractivity contribution >= 4 is 5.69 Å². The fourth-order valence-corrected chi connectivity index (χ4v) is 1.60. The van der Waals surface area contributed by atoms with Crippen molar-refractivity contribution in [2.45, 2.75) is 13.5 Å². The molecule has 1 aromatic heterocycles. The Labute approximate surface area is 113 Å². The third-order valence-electron chi connectivity index (χ3n) is 2.63. The highest BCUT2D eigenvalue weighted by Crippen LogP contribution is 2.24. The molecule has 1 heterocycles. The maximum Gasteiger partial charge on any atom is 0.399 e. The van der Waals surface area contributed by atoms with Gasteiger partial charge >= 0.3 is 6.08 Å². The van der Waals surface area contributed by atoms with Crippen LogP contribution in [0.3, 0.4) is 0 Å². The molecule has 0 unspecified atom stereocenters. The van der Waals surface area contributed by atoms with Gasteiger partial charge in [-0.15, -0.1) is 0 Å². The molecule has 0 bridgehead atoms. The van der Waals surface area contributed by atoms with Gasteiger partial charge in [-0.2, -0.15) is 4.98 Å². The van der Waals surface area contributed by atoms with Crippen molar-refractivity contribution in [3.8, 4) is 11.8 Å². The van der Waals surface area contributed by atoms with Crippen LogP contribution in [0, 0.1) is 0 Å². The number of hydrogen-bond acceptors (Lipinski definition) is 5. The molecule has 0 fully saturated rings. The minimum absolute atomic E-state index is 0.267. The number of benzene rings is 1. The molecule has 1 N–H and O–H groups in total. The summed E-state index contributed by atoms with van der Waals surface area (Å²) in [5.74, 6) is 0.711. The summed E-state index contributed by atoms with van der Waals surface area (Å²) in [6, 6.07) is 7.77. The van der Waals surface area contributed by atoms with Gasteiger partial charge in [-0.05, 0) is 18.7 Å². The van der Waals surface area contributed by atoms with Gasteiger partial charge in [0, 0.05) is 32.4 Å². The lowest BCUT2D eigenvalue weighted by Gasteiger charge is -2.12. The smallest absolute Gasteiger partial charge is 0.399 e. The van der Waals surface area contributed by atoms with Crippen LogP contribution in [0.4, 0.5) is 5.69 Å². The number of nitrogens with zero attached hydrogens (tertiary/aromatic N) is 2. The number of aromatic nitrogens is 1. The Morgan fingerprint density at radius 1 is 1.37 bits per heavy atom. The first-order chi connectivity index (χ1) is 9.19. The largest absolute Gasteiger partial charge is 0.417 e. The van der Waals surface area contributed by atoms with E-state index in [9.17, 15) is 0 Å². The van der Waals surface area contributed by atoms with Crippen LogP contribution in [0.15, 0.2) is 34.9 Å². The van der Waals surface area contributed by atoms with E-state index in [0.717, 1.165) is 17.9 Å². The van der Waals surface area contributed by atoms with Crippen molar-refractivity contribution in [1.29, 1.82) is 0 Å². The van der Waals surface area contributed by atoms with E-state index >= 15 is 0 Å². The maximum absolute atomic E-state index is 5.60. The van der Waals surface area contributed by atoms with E-state index in [2.05, 4.69) is 10.3 Å². The molecule has 0 amide bonds. The summed E-state index contributed by atoms with van der Waals surface area (Å²) in [6.45, 7) is 3.62. The Balaban J connectivity index is 2.04. The molecular weight excluding hydrogens is 242 g/mol. The van der Waals surface area contributed by atoms with Gasteiger partial charge in [-0.25, -0.2) is 0 Å². The van der Waals surface area contributed by atoms with Crippen molar-refractivity contribution in [3.05, 3.63) is 36.2 Å². The first-order valence-corrected chi connectivity index (χ1v) is 6.29. The van der Waals surface area contributed by atoms with E-state index in [1.807, 2.05) is 50.2 Å². The molecule has 2 rings (SSSR count). The molecular formula is C14H19N3O2. The summed E-state index contributed by atoms with van der Waals surface area (Å²) in [6.07, 6.45) is 1.87. The van der Waals surface area contributed by atoms with Crippen molar-refractivity contribution in [2.75, 3.05) is 25.5 Å². The molecule has 5 heteroatoms. The number of anilines is 1. The second-order valence-corrected chi connectivity index (χ2v) is 4.38. The third-order valence-corrected chi connectivity index (χ3v) is 2.63.